The summed E-state index contributed by atoms with van der Waals surface area (Å²) in [5, 5.41) is 11.1. The van der Waals surface area contributed by atoms with Crippen LogP contribution in [-0.4, -0.2) is 50.2 Å². The molecule has 0 radical (unpaired) electrons. The van der Waals surface area contributed by atoms with E-state index < -0.39 is 45.7 Å². The number of guanidine groups is 1. The molecule has 0 unspecified atom stereocenters. The fourth-order valence-electron chi connectivity index (χ4n) is 3.59. The van der Waals surface area contributed by atoms with Gasteiger partial charge in [-0.2, -0.15) is 13.2 Å². The monoisotopic (exact) mass is 424 g/mol. The van der Waals surface area contributed by atoms with E-state index >= 15 is 0 Å². The largest absolute Gasteiger partial charge is 0.465 e. The molecule has 1 aromatic rings. The van der Waals surface area contributed by atoms with Crippen LogP contribution >= 0.6 is 0 Å². The van der Waals surface area contributed by atoms with Gasteiger partial charge in [0.1, 0.15) is 17.4 Å². The van der Waals surface area contributed by atoms with E-state index in [0.717, 1.165) is 10.4 Å². The Hall–Kier alpha value is -2.21. The van der Waals surface area contributed by atoms with Crippen molar-refractivity contribution in [3.8, 4) is 0 Å². The minimum absolute atomic E-state index is 0.0177. The second-order valence-corrected chi connectivity index (χ2v) is 9.43. The average Bonchev–Trinajstić information content (AvgIpc) is 2.72. The van der Waals surface area contributed by atoms with Crippen LogP contribution in [0.4, 0.5) is 22.4 Å². The van der Waals surface area contributed by atoms with Crippen molar-refractivity contribution in [2.24, 2.45) is 4.99 Å². The van der Waals surface area contributed by atoms with E-state index in [1.165, 1.54) is 25.1 Å². The van der Waals surface area contributed by atoms with Gasteiger partial charge in [0.2, 0.25) is 5.96 Å². The van der Waals surface area contributed by atoms with Gasteiger partial charge in [0.15, 0.2) is 0 Å². The first-order chi connectivity index (χ1) is 12.9. The molecular weight excluding hydrogens is 404 g/mol. The summed E-state index contributed by atoms with van der Waals surface area (Å²) in [5.74, 6) is -1.45. The van der Waals surface area contributed by atoms with Gasteiger partial charge in [-0.25, -0.2) is 18.9 Å². The van der Waals surface area contributed by atoms with Crippen molar-refractivity contribution in [2.45, 2.75) is 37.5 Å². The Morgan fingerprint density at radius 2 is 2.11 bits per heavy atom. The predicted molar refractivity (Wildman–Crippen MR) is 95.7 cm³/mol. The highest BCUT2D eigenvalue weighted by atomic mass is 32.3. The normalized spacial score (nSPS) is 28.5. The third-order valence-electron chi connectivity index (χ3n) is 4.80. The van der Waals surface area contributed by atoms with E-state index in [2.05, 4.69) is 9.71 Å². The summed E-state index contributed by atoms with van der Waals surface area (Å²) in [5.41, 5.74) is -1.51. The lowest BCUT2D eigenvalue weighted by molar-refractivity contribution is -0.152. The van der Waals surface area contributed by atoms with E-state index in [1.54, 1.807) is 0 Å². The summed E-state index contributed by atoms with van der Waals surface area (Å²) in [4.78, 5) is 15.4. The zero-order valence-electron chi connectivity index (χ0n) is 14.8. The van der Waals surface area contributed by atoms with Crippen molar-refractivity contribution in [3.63, 3.8) is 0 Å². The first-order valence-electron chi connectivity index (χ1n) is 8.51. The van der Waals surface area contributed by atoms with Crippen LogP contribution in [0.1, 0.15) is 25.3 Å². The molecule has 0 saturated carbocycles. The zero-order chi connectivity index (χ0) is 20.7. The van der Waals surface area contributed by atoms with Crippen molar-refractivity contribution in [1.82, 2.24) is 14.3 Å². The van der Waals surface area contributed by atoms with Gasteiger partial charge in [-0.1, -0.05) is 18.2 Å². The Morgan fingerprint density at radius 3 is 2.71 bits per heavy atom. The Balaban J connectivity index is 2.12. The number of carbonyl (C=O) groups is 1. The van der Waals surface area contributed by atoms with E-state index in [4.69, 9.17) is 5.11 Å². The van der Waals surface area contributed by atoms with Crippen molar-refractivity contribution < 1.29 is 31.7 Å². The molecule has 2 aliphatic rings. The molecule has 0 spiro atoms. The smallest absolute Gasteiger partial charge is 0.411 e. The van der Waals surface area contributed by atoms with Gasteiger partial charge in [0.25, 0.3) is 0 Å². The fourth-order valence-corrected chi connectivity index (χ4v) is 6.69. The molecule has 12 heteroatoms. The van der Waals surface area contributed by atoms with Crippen LogP contribution in [0.15, 0.2) is 29.3 Å². The van der Waals surface area contributed by atoms with Crippen LogP contribution in [0.3, 0.4) is 0 Å². The Morgan fingerprint density at radius 1 is 1.43 bits per heavy atom. The minimum atomic E-state index is -4.63. The number of nitrogens with one attached hydrogen (secondary N) is 2. The topological polar surface area (TPSA) is 94.0 Å². The van der Waals surface area contributed by atoms with Gasteiger partial charge in [-0.15, -0.1) is 0 Å². The van der Waals surface area contributed by atoms with E-state index in [1.807, 2.05) is 5.32 Å². The molecule has 0 aromatic heterocycles. The summed E-state index contributed by atoms with van der Waals surface area (Å²) < 4.78 is 71.3. The second kappa shape index (κ2) is 6.99. The molecule has 7 nitrogen and oxygen atoms in total. The number of aliphatic imine (C=N–C) groups is 1. The summed E-state index contributed by atoms with van der Waals surface area (Å²) >= 11 is 0. The maximum absolute atomic E-state index is 14.4. The molecule has 0 aliphatic carbocycles. The molecule has 0 bridgehead atoms. The van der Waals surface area contributed by atoms with Gasteiger partial charge in [0.05, 0.1) is 5.75 Å². The van der Waals surface area contributed by atoms with Crippen LogP contribution in [-0.2, 0) is 15.8 Å². The first-order valence-corrected chi connectivity index (χ1v) is 10.4. The van der Waals surface area contributed by atoms with Crippen molar-refractivity contribution in [1.29, 1.82) is 0 Å². The van der Waals surface area contributed by atoms with Crippen LogP contribution in [0.5, 0.6) is 0 Å². The SMILES string of the molecule is C[C@@]1(c2ccccc2F)C[SH]2(=O)N[C@H](C(F)(F)F)CCCN2C(NC(=O)O)=N1. The quantitative estimate of drug-likeness (QED) is 0.411. The average molecular weight is 424 g/mol. The summed E-state index contributed by atoms with van der Waals surface area (Å²) in [7, 11) is -3.99. The number of hydrogen-bond acceptors (Lipinski definition) is 3. The van der Waals surface area contributed by atoms with E-state index in [-0.39, 0.29) is 30.9 Å². The Labute approximate surface area is 159 Å². The summed E-state index contributed by atoms with van der Waals surface area (Å²) in [6, 6.07) is 3.48. The zero-order valence-corrected chi connectivity index (χ0v) is 15.7. The lowest BCUT2D eigenvalue weighted by Crippen LogP contribution is -2.64. The summed E-state index contributed by atoms with van der Waals surface area (Å²) in [6.45, 7) is 1.34. The fraction of sp³-hybridized carbons (Fsp3) is 0.500. The molecule has 3 N–H and O–H groups in total. The number of thiol groups is 1. The van der Waals surface area contributed by atoms with Crippen LogP contribution in [0, 0.1) is 5.82 Å². The molecule has 1 fully saturated rings. The third kappa shape index (κ3) is 3.83. The highest BCUT2D eigenvalue weighted by Gasteiger charge is 2.50. The van der Waals surface area contributed by atoms with Crippen molar-refractivity contribution >= 4 is 22.4 Å². The minimum Gasteiger partial charge on any atom is -0.465 e. The van der Waals surface area contributed by atoms with Gasteiger partial charge in [0, 0.05) is 22.4 Å². The number of benzene rings is 1. The molecule has 156 valence electrons. The Bertz CT molecular complexity index is 863. The first kappa shape index (κ1) is 20.5. The standard InChI is InChI=1S/C16H20F4N4O3S/c1-15(10-5-2-3-6-11(10)17)9-28(27)23-12(16(18,19)20)7-4-8-24(28)13(22-15)21-14(25)26/h2-3,5-6,12,28H,4,7-9H2,1H3,(H,21,22)(H,23,27)(H,25,26)/t12-,15-/m0/s1. The van der Waals surface area contributed by atoms with E-state index in [0.29, 0.717) is 0 Å². The van der Waals surface area contributed by atoms with Crippen molar-refractivity contribution in [2.75, 3.05) is 12.3 Å². The molecule has 1 amide bonds. The van der Waals surface area contributed by atoms with Gasteiger partial charge >= 0.3 is 12.3 Å². The van der Waals surface area contributed by atoms with Gasteiger partial charge < -0.3 is 5.11 Å². The number of rotatable bonds is 1. The molecule has 1 saturated heterocycles. The molecule has 2 aliphatic heterocycles. The number of carboxylic acid groups (broad SMARTS) is 1. The number of fused-ring (bicyclic) bond motifs is 1. The van der Waals surface area contributed by atoms with Crippen LogP contribution in [0.25, 0.3) is 0 Å². The van der Waals surface area contributed by atoms with Gasteiger partial charge in [-0.05, 0) is 25.8 Å². The molecule has 3 rings (SSSR count). The van der Waals surface area contributed by atoms with Gasteiger partial charge in [-0.3, -0.25) is 13.8 Å². The van der Waals surface area contributed by atoms with Crippen molar-refractivity contribution in [3.05, 3.63) is 35.6 Å². The van der Waals surface area contributed by atoms with Crippen LogP contribution in [0.2, 0.25) is 0 Å². The lowest BCUT2D eigenvalue weighted by atomic mass is 9.94. The number of nitrogens with zero attached hydrogens (tertiary/aromatic N) is 2. The highest BCUT2D eigenvalue weighted by Crippen LogP contribution is 2.38. The third-order valence-corrected chi connectivity index (χ3v) is 7.73. The number of amides is 1. The Kier molecular flexibility index (Phi) is 5.13. The molecule has 28 heavy (non-hydrogen) atoms. The second-order valence-electron chi connectivity index (χ2n) is 6.97. The summed E-state index contributed by atoms with van der Waals surface area (Å²) in [6.07, 6.45) is -6.44. The highest BCUT2D eigenvalue weighted by molar-refractivity contribution is 7.99. The molecule has 2 atom stereocenters. The van der Waals surface area contributed by atoms with E-state index in [9.17, 15) is 26.6 Å². The maximum Gasteiger partial charge on any atom is 0.411 e. The maximum atomic E-state index is 14.4. The molecule has 2 heterocycles. The van der Waals surface area contributed by atoms with Crippen LogP contribution < -0.4 is 10.0 Å². The lowest BCUT2D eigenvalue weighted by Gasteiger charge is -2.47. The number of alkyl halides is 3. The predicted octanol–water partition coefficient (Wildman–Crippen LogP) is 2.14. The number of halogens is 4. The molecular formula is C16H20F4N4O3S. The number of hydrogen-bond donors (Lipinski definition) is 4. The molecule has 1 aromatic carbocycles.